The van der Waals surface area contributed by atoms with Crippen molar-refractivity contribution >= 4 is 11.8 Å². The third-order valence-electron chi connectivity index (χ3n) is 4.77. The van der Waals surface area contributed by atoms with E-state index in [-0.39, 0.29) is 18.4 Å². The van der Waals surface area contributed by atoms with E-state index in [1.54, 1.807) is 13.0 Å². The SMILES string of the molecule is Cc1occc1C(=O)NCC(=O)NCc1ccccc1-c1ccc(CN(C)C)cc1. The van der Waals surface area contributed by atoms with Gasteiger partial charge in [-0.2, -0.15) is 0 Å². The fourth-order valence-electron chi connectivity index (χ4n) is 3.24. The van der Waals surface area contributed by atoms with Crippen LogP contribution in [0.4, 0.5) is 0 Å². The zero-order valence-corrected chi connectivity index (χ0v) is 17.6. The lowest BCUT2D eigenvalue weighted by molar-refractivity contribution is -0.120. The molecule has 30 heavy (non-hydrogen) atoms. The predicted molar refractivity (Wildman–Crippen MR) is 117 cm³/mol. The molecule has 2 amide bonds. The summed E-state index contributed by atoms with van der Waals surface area (Å²) in [7, 11) is 4.09. The van der Waals surface area contributed by atoms with Crippen molar-refractivity contribution in [1.29, 1.82) is 0 Å². The Labute approximate surface area is 176 Å². The number of benzene rings is 2. The van der Waals surface area contributed by atoms with Crippen LogP contribution in [0.5, 0.6) is 0 Å². The van der Waals surface area contributed by atoms with Crippen molar-refractivity contribution in [2.24, 2.45) is 0 Å². The molecule has 0 atom stereocenters. The van der Waals surface area contributed by atoms with E-state index in [9.17, 15) is 9.59 Å². The first-order valence-electron chi connectivity index (χ1n) is 9.85. The largest absolute Gasteiger partial charge is 0.469 e. The second-order valence-electron chi connectivity index (χ2n) is 7.44. The van der Waals surface area contributed by atoms with Crippen molar-refractivity contribution in [3.8, 4) is 11.1 Å². The van der Waals surface area contributed by atoms with Crippen LogP contribution >= 0.6 is 0 Å². The molecule has 1 heterocycles. The van der Waals surface area contributed by atoms with Gasteiger partial charge in [0.2, 0.25) is 5.91 Å². The average molecular weight is 405 g/mol. The van der Waals surface area contributed by atoms with Crippen LogP contribution < -0.4 is 10.6 Å². The number of rotatable bonds is 8. The molecule has 0 spiro atoms. The molecule has 0 aliphatic carbocycles. The van der Waals surface area contributed by atoms with Gasteiger partial charge in [0.05, 0.1) is 18.4 Å². The van der Waals surface area contributed by atoms with Gasteiger partial charge in [-0.25, -0.2) is 0 Å². The Balaban J connectivity index is 1.59. The number of hydrogen-bond donors (Lipinski definition) is 2. The third-order valence-corrected chi connectivity index (χ3v) is 4.77. The van der Waals surface area contributed by atoms with Crippen LogP contribution in [-0.4, -0.2) is 37.4 Å². The molecule has 6 heteroatoms. The highest BCUT2D eigenvalue weighted by molar-refractivity contribution is 5.97. The molecule has 156 valence electrons. The second-order valence-corrected chi connectivity index (χ2v) is 7.44. The zero-order chi connectivity index (χ0) is 21.5. The van der Waals surface area contributed by atoms with Crippen LogP contribution in [-0.2, 0) is 17.9 Å². The highest BCUT2D eigenvalue weighted by Gasteiger charge is 2.13. The van der Waals surface area contributed by atoms with Crippen molar-refractivity contribution in [2.45, 2.75) is 20.0 Å². The van der Waals surface area contributed by atoms with Crippen molar-refractivity contribution in [2.75, 3.05) is 20.6 Å². The zero-order valence-electron chi connectivity index (χ0n) is 17.6. The van der Waals surface area contributed by atoms with Crippen LogP contribution in [0.1, 0.15) is 27.2 Å². The molecule has 6 nitrogen and oxygen atoms in total. The van der Waals surface area contributed by atoms with Crippen LogP contribution in [0.25, 0.3) is 11.1 Å². The second kappa shape index (κ2) is 9.89. The molecule has 0 bridgehead atoms. The molecule has 0 saturated carbocycles. The average Bonchev–Trinajstić information content (AvgIpc) is 3.17. The quantitative estimate of drug-likeness (QED) is 0.603. The Morgan fingerprint density at radius 1 is 0.967 bits per heavy atom. The Morgan fingerprint density at radius 2 is 1.70 bits per heavy atom. The topological polar surface area (TPSA) is 74.6 Å². The molecule has 1 aromatic heterocycles. The first-order chi connectivity index (χ1) is 14.4. The van der Waals surface area contributed by atoms with E-state index < -0.39 is 0 Å². The predicted octanol–water partition coefficient (Wildman–Crippen LogP) is 3.36. The summed E-state index contributed by atoms with van der Waals surface area (Å²) in [5.41, 5.74) is 4.88. The van der Waals surface area contributed by atoms with Gasteiger partial charge in [-0.3, -0.25) is 9.59 Å². The molecular weight excluding hydrogens is 378 g/mol. The molecule has 2 N–H and O–H groups in total. The smallest absolute Gasteiger partial charge is 0.255 e. The summed E-state index contributed by atoms with van der Waals surface area (Å²) in [6, 6.07) is 18.0. The summed E-state index contributed by atoms with van der Waals surface area (Å²) in [4.78, 5) is 26.4. The minimum Gasteiger partial charge on any atom is -0.469 e. The number of nitrogens with zero attached hydrogens (tertiary/aromatic N) is 1. The van der Waals surface area contributed by atoms with Gasteiger partial charge in [-0.05, 0) is 49.3 Å². The van der Waals surface area contributed by atoms with E-state index in [2.05, 4.69) is 39.8 Å². The lowest BCUT2D eigenvalue weighted by Gasteiger charge is -2.13. The van der Waals surface area contributed by atoms with Crippen LogP contribution in [0, 0.1) is 6.92 Å². The summed E-state index contributed by atoms with van der Waals surface area (Å²) in [5.74, 6) is -0.0475. The number of carbonyl (C=O) groups is 2. The normalized spacial score (nSPS) is 10.8. The van der Waals surface area contributed by atoms with Gasteiger partial charge in [0.15, 0.2) is 0 Å². The summed E-state index contributed by atoms with van der Waals surface area (Å²) < 4.78 is 5.12. The lowest BCUT2D eigenvalue weighted by atomic mass is 9.98. The van der Waals surface area contributed by atoms with Crippen LogP contribution in [0.2, 0.25) is 0 Å². The summed E-state index contributed by atoms with van der Waals surface area (Å²) in [6.07, 6.45) is 1.45. The summed E-state index contributed by atoms with van der Waals surface area (Å²) in [6.45, 7) is 2.89. The van der Waals surface area contributed by atoms with Crippen molar-refractivity contribution in [3.05, 3.63) is 83.3 Å². The molecular formula is C24H27N3O3. The van der Waals surface area contributed by atoms with E-state index in [1.807, 2.05) is 38.4 Å². The molecule has 3 aromatic rings. The first kappa shape index (κ1) is 21.3. The van der Waals surface area contributed by atoms with Crippen molar-refractivity contribution < 1.29 is 14.0 Å². The van der Waals surface area contributed by atoms with E-state index in [0.717, 1.165) is 23.2 Å². The highest BCUT2D eigenvalue weighted by Crippen LogP contribution is 2.24. The first-order valence-corrected chi connectivity index (χ1v) is 9.85. The van der Waals surface area contributed by atoms with Crippen molar-refractivity contribution in [3.63, 3.8) is 0 Å². The maximum absolute atomic E-state index is 12.2. The fourth-order valence-corrected chi connectivity index (χ4v) is 3.24. The van der Waals surface area contributed by atoms with Gasteiger partial charge in [0.1, 0.15) is 5.76 Å². The van der Waals surface area contributed by atoms with E-state index in [1.165, 1.54) is 11.8 Å². The highest BCUT2D eigenvalue weighted by atomic mass is 16.3. The number of amides is 2. The Morgan fingerprint density at radius 3 is 2.37 bits per heavy atom. The molecule has 0 saturated heterocycles. The van der Waals surface area contributed by atoms with Gasteiger partial charge >= 0.3 is 0 Å². The van der Waals surface area contributed by atoms with Gasteiger partial charge in [-0.1, -0.05) is 48.5 Å². The van der Waals surface area contributed by atoms with Crippen LogP contribution in [0.15, 0.2) is 65.3 Å². The number of nitrogens with one attached hydrogen (secondary N) is 2. The molecule has 0 unspecified atom stereocenters. The molecule has 3 rings (SSSR count). The minimum atomic E-state index is -0.324. The fraction of sp³-hybridized carbons (Fsp3) is 0.250. The standard InChI is InChI=1S/C24H27N3O3/c1-17-21(12-13-30-17)24(29)26-15-23(28)25-14-20-6-4-5-7-22(20)19-10-8-18(9-11-19)16-27(2)3/h4-13H,14-16H2,1-3H3,(H,25,28)(H,26,29). The molecule has 0 fully saturated rings. The van der Waals surface area contributed by atoms with E-state index in [4.69, 9.17) is 4.42 Å². The molecule has 0 aliphatic rings. The minimum absolute atomic E-state index is 0.0924. The third kappa shape index (κ3) is 5.58. The van der Waals surface area contributed by atoms with Gasteiger partial charge in [0.25, 0.3) is 5.91 Å². The van der Waals surface area contributed by atoms with Crippen LogP contribution in [0.3, 0.4) is 0 Å². The van der Waals surface area contributed by atoms with E-state index >= 15 is 0 Å². The van der Waals surface area contributed by atoms with Gasteiger partial charge < -0.3 is 20.0 Å². The molecule has 2 aromatic carbocycles. The van der Waals surface area contributed by atoms with Gasteiger partial charge in [0, 0.05) is 13.1 Å². The number of aryl methyl sites for hydroxylation is 1. The Bertz CT molecular complexity index is 1010. The number of hydrogen-bond acceptors (Lipinski definition) is 4. The number of carbonyl (C=O) groups excluding carboxylic acids is 2. The maximum Gasteiger partial charge on any atom is 0.255 e. The summed E-state index contributed by atoms with van der Waals surface area (Å²) >= 11 is 0. The molecule has 0 radical (unpaired) electrons. The Hall–Kier alpha value is -3.38. The Kier molecular flexibility index (Phi) is 7.03. The van der Waals surface area contributed by atoms with Crippen molar-refractivity contribution in [1.82, 2.24) is 15.5 Å². The lowest BCUT2D eigenvalue weighted by Crippen LogP contribution is -2.36. The van der Waals surface area contributed by atoms with Gasteiger partial charge in [-0.15, -0.1) is 0 Å². The maximum atomic E-state index is 12.2. The monoisotopic (exact) mass is 405 g/mol. The van der Waals surface area contributed by atoms with E-state index in [0.29, 0.717) is 17.9 Å². The summed E-state index contributed by atoms with van der Waals surface area (Å²) in [5, 5.41) is 5.49. The number of furan rings is 1. The molecule has 0 aliphatic heterocycles.